The third kappa shape index (κ3) is 4.99. The van der Waals surface area contributed by atoms with Crippen molar-refractivity contribution < 1.29 is 0 Å². The smallest absolute Gasteiger partial charge is 0.0702 e. The fourth-order valence-corrected chi connectivity index (χ4v) is 1.70. The van der Waals surface area contributed by atoms with Crippen molar-refractivity contribution in [1.29, 1.82) is 0 Å². The third-order valence-corrected chi connectivity index (χ3v) is 2.72. The second-order valence-corrected chi connectivity index (χ2v) is 4.41. The maximum absolute atomic E-state index is 4.22. The van der Waals surface area contributed by atoms with Crippen LogP contribution in [0.1, 0.15) is 45.1 Å². The van der Waals surface area contributed by atoms with E-state index in [1.165, 1.54) is 36.6 Å². The number of fused-ring (bicyclic) bond motifs is 1. The van der Waals surface area contributed by atoms with Gasteiger partial charge < -0.3 is 0 Å². The average Bonchev–Trinajstić information content (AvgIpc) is 2.37. The Kier molecular flexibility index (Phi) is 6.31. The largest absolute Gasteiger partial charge is 0.256 e. The number of rotatable bonds is 3. The minimum atomic E-state index is 1.07. The summed E-state index contributed by atoms with van der Waals surface area (Å²) in [7, 11) is 0. The molecular formula is C16H23N. The van der Waals surface area contributed by atoms with E-state index in [0.717, 1.165) is 5.52 Å². The van der Waals surface area contributed by atoms with Gasteiger partial charge in [-0.05, 0) is 25.1 Å². The molecule has 0 fully saturated rings. The topological polar surface area (TPSA) is 12.9 Å². The molecule has 0 bridgehead atoms. The summed E-state index contributed by atoms with van der Waals surface area (Å²) in [5.41, 5.74) is 2.35. The van der Waals surface area contributed by atoms with E-state index in [-0.39, 0.29) is 0 Å². The molecule has 0 aliphatic rings. The Balaban J connectivity index is 0.000000209. The number of pyridine rings is 1. The molecule has 0 aliphatic heterocycles. The maximum Gasteiger partial charge on any atom is 0.0702 e. The molecule has 2 rings (SSSR count). The lowest BCUT2D eigenvalue weighted by Crippen LogP contribution is -1.77. The molecule has 0 saturated heterocycles. The molecule has 1 heterocycles. The lowest BCUT2D eigenvalue weighted by atomic mass is 10.1. The normalized spacial score (nSPS) is 9.82. The zero-order valence-corrected chi connectivity index (χ0v) is 11.2. The molecule has 1 heteroatoms. The lowest BCUT2D eigenvalue weighted by Gasteiger charge is -1.95. The highest BCUT2D eigenvalue weighted by molar-refractivity contribution is 5.78. The summed E-state index contributed by atoms with van der Waals surface area (Å²) in [5, 5.41) is 1.22. The van der Waals surface area contributed by atoms with Crippen LogP contribution in [0.4, 0.5) is 0 Å². The number of nitrogens with zero attached hydrogens (tertiary/aromatic N) is 1. The molecule has 0 spiro atoms. The van der Waals surface area contributed by atoms with Gasteiger partial charge in [0.1, 0.15) is 0 Å². The van der Waals surface area contributed by atoms with Gasteiger partial charge in [0.25, 0.3) is 0 Å². The Bertz CT molecular complexity index is 430. The molecule has 2 aromatic rings. The quantitative estimate of drug-likeness (QED) is 0.665. The standard InChI is InChI=1S/C10H9N.C6H14/c1-8-4-5-10-9(7-8)3-2-6-11-10;1-3-5-6-4-2/h2-7H,1H3;3-6H2,1-2H3. The molecule has 17 heavy (non-hydrogen) atoms. The van der Waals surface area contributed by atoms with Crippen molar-refractivity contribution in [2.75, 3.05) is 0 Å². The molecule has 1 aromatic carbocycles. The summed E-state index contributed by atoms with van der Waals surface area (Å²) >= 11 is 0. The van der Waals surface area contributed by atoms with E-state index in [9.17, 15) is 0 Å². The Labute approximate surface area is 105 Å². The average molecular weight is 229 g/mol. The van der Waals surface area contributed by atoms with Crippen LogP contribution >= 0.6 is 0 Å². The summed E-state index contributed by atoms with van der Waals surface area (Å²) in [4.78, 5) is 4.22. The van der Waals surface area contributed by atoms with Gasteiger partial charge >= 0.3 is 0 Å². The predicted molar refractivity (Wildman–Crippen MR) is 76.3 cm³/mol. The van der Waals surface area contributed by atoms with Crippen LogP contribution in [0.2, 0.25) is 0 Å². The molecule has 0 aliphatic carbocycles. The first-order chi connectivity index (χ1) is 8.27. The van der Waals surface area contributed by atoms with Crippen LogP contribution in [0.3, 0.4) is 0 Å². The molecular weight excluding hydrogens is 206 g/mol. The van der Waals surface area contributed by atoms with Gasteiger partial charge in [0.05, 0.1) is 5.52 Å². The lowest BCUT2D eigenvalue weighted by molar-refractivity contribution is 0.702. The predicted octanol–water partition coefficient (Wildman–Crippen LogP) is 5.13. The fraction of sp³-hybridized carbons (Fsp3) is 0.438. The Morgan fingerprint density at radius 1 is 1.00 bits per heavy atom. The molecule has 0 atom stereocenters. The number of hydrogen-bond acceptors (Lipinski definition) is 1. The van der Waals surface area contributed by atoms with Crippen LogP contribution in [0, 0.1) is 6.92 Å². The SMILES string of the molecule is CCCCCC.Cc1ccc2ncccc2c1. The first-order valence-corrected chi connectivity index (χ1v) is 6.59. The van der Waals surface area contributed by atoms with Gasteiger partial charge in [-0.15, -0.1) is 0 Å². The molecule has 0 amide bonds. The van der Waals surface area contributed by atoms with Gasteiger partial charge in [-0.2, -0.15) is 0 Å². The molecule has 0 unspecified atom stereocenters. The first kappa shape index (κ1) is 13.7. The summed E-state index contributed by atoms with van der Waals surface area (Å²) < 4.78 is 0. The number of benzene rings is 1. The minimum absolute atomic E-state index is 1.07. The highest BCUT2D eigenvalue weighted by Gasteiger charge is 1.90. The number of aryl methyl sites for hydroxylation is 1. The molecule has 0 saturated carbocycles. The molecule has 92 valence electrons. The van der Waals surface area contributed by atoms with Crippen molar-refractivity contribution in [3.8, 4) is 0 Å². The Morgan fingerprint density at radius 2 is 1.71 bits per heavy atom. The van der Waals surface area contributed by atoms with Crippen LogP contribution in [0.15, 0.2) is 36.5 Å². The monoisotopic (exact) mass is 229 g/mol. The second kappa shape index (κ2) is 7.83. The van der Waals surface area contributed by atoms with Crippen LogP contribution in [0.25, 0.3) is 10.9 Å². The van der Waals surface area contributed by atoms with Gasteiger partial charge in [-0.1, -0.05) is 57.2 Å². The minimum Gasteiger partial charge on any atom is -0.256 e. The maximum atomic E-state index is 4.22. The molecule has 1 nitrogen and oxygen atoms in total. The van der Waals surface area contributed by atoms with Crippen LogP contribution in [0.5, 0.6) is 0 Å². The van der Waals surface area contributed by atoms with E-state index >= 15 is 0 Å². The van der Waals surface area contributed by atoms with E-state index in [4.69, 9.17) is 0 Å². The van der Waals surface area contributed by atoms with E-state index in [1.807, 2.05) is 18.3 Å². The van der Waals surface area contributed by atoms with Gasteiger partial charge in [0, 0.05) is 11.6 Å². The van der Waals surface area contributed by atoms with Crippen molar-refractivity contribution in [3.05, 3.63) is 42.1 Å². The van der Waals surface area contributed by atoms with E-state index in [0.29, 0.717) is 0 Å². The zero-order chi connectivity index (χ0) is 12.5. The molecule has 0 radical (unpaired) electrons. The molecule has 0 N–H and O–H groups in total. The van der Waals surface area contributed by atoms with Crippen molar-refractivity contribution in [3.63, 3.8) is 0 Å². The number of hydrogen-bond donors (Lipinski definition) is 0. The van der Waals surface area contributed by atoms with Crippen molar-refractivity contribution in [1.82, 2.24) is 4.98 Å². The van der Waals surface area contributed by atoms with Crippen molar-refractivity contribution in [2.45, 2.75) is 46.5 Å². The fourth-order valence-electron chi connectivity index (χ4n) is 1.70. The van der Waals surface area contributed by atoms with Crippen molar-refractivity contribution >= 4 is 10.9 Å². The van der Waals surface area contributed by atoms with Gasteiger partial charge in [0.2, 0.25) is 0 Å². The first-order valence-electron chi connectivity index (χ1n) is 6.59. The summed E-state index contributed by atoms with van der Waals surface area (Å²) in [6, 6.07) is 10.3. The van der Waals surface area contributed by atoms with Crippen LogP contribution < -0.4 is 0 Å². The van der Waals surface area contributed by atoms with Gasteiger partial charge in [-0.25, -0.2) is 0 Å². The summed E-state index contributed by atoms with van der Waals surface area (Å²) in [6.07, 6.45) is 7.35. The highest BCUT2D eigenvalue weighted by atomic mass is 14.6. The number of unbranched alkanes of at least 4 members (excludes halogenated alkanes) is 3. The summed E-state index contributed by atoms with van der Waals surface area (Å²) in [6.45, 7) is 6.55. The van der Waals surface area contributed by atoms with E-state index in [2.05, 4.69) is 44.0 Å². The van der Waals surface area contributed by atoms with Crippen LogP contribution in [-0.4, -0.2) is 4.98 Å². The number of aromatic nitrogens is 1. The van der Waals surface area contributed by atoms with Gasteiger partial charge in [-0.3, -0.25) is 4.98 Å². The van der Waals surface area contributed by atoms with Crippen molar-refractivity contribution in [2.24, 2.45) is 0 Å². The second-order valence-electron chi connectivity index (χ2n) is 4.41. The summed E-state index contributed by atoms with van der Waals surface area (Å²) in [5.74, 6) is 0. The zero-order valence-electron chi connectivity index (χ0n) is 11.2. The third-order valence-electron chi connectivity index (χ3n) is 2.72. The Morgan fingerprint density at radius 3 is 2.35 bits per heavy atom. The van der Waals surface area contributed by atoms with E-state index < -0.39 is 0 Å². The molecule has 1 aromatic heterocycles. The van der Waals surface area contributed by atoms with Gasteiger partial charge in [0.15, 0.2) is 0 Å². The highest BCUT2D eigenvalue weighted by Crippen LogP contribution is 2.11. The van der Waals surface area contributed by atoms with E-state index in [1.54, 1.807) is 0 Å². The van der Waals surface area contributed by atoms with Crippen LogP contribution in [-0.2, 0) is 0 Å². The Hall–Kier alpha value is -1.37.